The molecule has 0 aliphatic heterocycles. The van der Waals surface area contributed by atoms with E-state index in [0.29, 0.717) is 26.9 Å². The number of thioether (sulfide) groups is 1. The van der Waals surface area contributed by atoms with Gasteiger partial charge in [0.15, 0.2) is 5.16 Å². The Hall–Kier alpha value is -2.38. The molecule has 1 amide bonds. The average Bonchev–Trinajstić information content (AvgIpc) is 2.63. The normalized spacial score (nSPS) is 12.3. The molecule has 0 fully saturated rings. The number of pyridine rings is 1. The summed E-state index contributed by atoms with van der Waals surface area (Å²) in [5, 5.41) is 3.85. The molecule has 0 saturated carbocycles. The highest BCUT2D eigenvalue weighted by Crippen LogP contribution is 2.25. The van der Waals surface area contributed by atoms with Gasteiger partial charge in [-0.15, -0.1) is 0 Å². The number of hydrogen-bond acceptors (Lipinski definition) is 5. The SMILES string of the molecule is CC(Sc1nc2ccccc2c(=O)n1C(C)C)C(=O)Nc1ccc(Cl)cn1. The van der Waals surface area contributed by atoms with Gasteiger partial charge in [0, 0.05) is 12.2 Å². The number of carbonyl (C=O) groups excluding carboxylic acids is 1. The van der Waals surface area contributed by atoms with Crippen molar-refractivity contribution in [3.05, 3.63) is 58.0 Å². The van der Waals surface area contributed by atoms with E-state index in [4.69, 9.17) is 11.6 Å². The first kappa shape index (κ1) is 19.4. The molecule has 6 nitrogen and oxygen atoms in total. The van der Waals surface area contributed by atoms with Gasteiger partial charge in [0.2, 0.25) is 5.91 Å². The minimum Gasteiger partial charge on any atom is -0.310 e. The van der Waals surface area contributed by atoms with Crippen LogP contribution < -0.4 is 10.9 Å². The Labute approximate surface area is 166 Å². The molecule has 0 spiro atoms. The van der Waals surface area contributed by atoms with E-state index in [0.717, 1.165) is 0 Å². The smallest absolute Gasteiger partial charge is 0.262 e. The summed E-state index contributed by atoms with van der Waals surface area (Å²) in [6, 6.07) is 10.4. The van der Waals surface area contributed by atoms with Crippen molar-refractivity contribution in [3.63, 3.8) is 0 Å². The topological polar surface area (TPSA) is 76.9 Å². The summed E-state index contributed by atoms with van der Waals surface area (Å²) in [6.45, 7) is 5.61. The van der Waals surface area contributed by atoms with Crippen molar-refractivity contribution in [1.82, 2.24) is 14.5 Å². The molecule has 27 heavy (non-hydrogen) atoms. The molecule has 0 bridgehead atoms. The Kier molecular flexibility index (Phi) is 5.82. The molecular formula is C19H19ClN4O2S. The summed E-state index contributed by atoms with van der Waals surface area (Å²) in [7, 11) is 0. The fourth-order valence-corrected chi connectivity index (χ4v) is 3.71. The molecule has 1 aromatic carbocycles. The van der Waals surface area contributed by atoms with E-state index >= 15 is 0 Å². The quantitative estimate of drug-likeness (QED) is 0.512. The zero-order chi connectivity index (χ0) is 19.6. The lowest BCUT2D eigenvalue weighted by Gasteiger charge is -2.18. The second-order valence-electron chi connectivity index (χ2n) is 6.29. The van der Waals surface area contributed by atoms with Crippen LogP contribution in [0.2, 0.25) is 5.02 Å². The average molecular weight is 403 g/mol. The van der Waals surface area contributed by atoms with Crippen LogP contribution in [0.3, 0.4) is 0 Å². The molecular weight excluding hydrogens is 384 g/mol. The van der Waals surface area contributed by atoms with Gasteiger partial charge < -0.3 is 5.32 Å². The van der Waals surface area contributed by atoms with Crippen LogP contribution in [-0.4, -0.2) is 25.7 Å². The number of amides is 1. The fraction of sp³-hybridized carbons (Fsp3) is 0.263. The highest BCUT2D eigenvalue weighted by atomic mass is 35.5. The molecule has 0 aliphatic carbocycles. The zero-order valence-electron chi connectivity index (χ0n) is 15.1. The summed E-state index contributed by atoms with van der Waals surface area (Å²) < 4.78 is 1.62. The van der Waals surface area contributed by atoms with Crippen molar-refractivity contribution in [2.75, 3.05) is 5.32 Å². The third-order valence-electron chi connectivity index (χ3n) is 3.92. The molecule has 8 heteroatoms. The molecule has 0 saturated heterocycles. The summed E-state index contributed by atoms with van der Waals surface area (Å²) in [6.07, 6.45) is 1.47. The lowest BCUT2D eigenvalue weighted by molar-refractivity contribution is -0.115. The zero-order valence-corrected chi connectivity index (χ0v) is 16.7. The van der Waals surface area contributed by atoms with Crippen LogP contribution in [-0.2, 0) is 4.79 Å². The van der Waals surface area contributed by atoms with Crippen molar-refractivity contribution in [3.8, 4) is 0 Å². The summed E-state index contributed by atoms with van der Waals surface area (Å²) in [5.41, 5.74) is 0.513. The van der Waals surface area contributed by atoms with Gasteiger partial charge in [0.1, 0.15) is 5.82 Å². The third-order valence-corrected chi connectivity index (χ3v) is 5.21. The van der Waals surface area contributed by atoms with Crippen LogP contribution in [0.25, 0.3) is 10.9 Å². The highest BCUT2D eigenvalue weighted by molar-refractivity contribution is 8.00. The fourth-order valence-electron chi connectivity index (χ4n) is 2.55. The first-order valence-corrected chi connectivity index (χ1v) is 9.73. The molecule has 3 rings (SSSR count). The Bertz CT molecular complexity index is 1030. The second-order valence-corrected chi connectivity index (χ2v) is 8.04. The number of carbonyl (C=O) groups is 1. The summed E-state index contributed by atoms with van der Waals surface area (Å²) in [4.78, 5) is 34.0. The maximum absolute atomic E-state index is 12.9. The van der Waals surface area contributed by atoms with Gasteiger partial charge in [-0.1, -0.05) is 35.5 Å². The minimum absolute atomic E-state index is 0.0784. The second kappa shape index (κ2) is 8.10. The van der Waals surface area contributed by atoms with Crippen molar-refractivity contribution < 1.29 is 4.79 Å². The molecule has 3 aromatic rings. The van der Waals surface area contributed by atoms with Gasteiger partial charge in [-0.2, -0.15) is 0 Å². The van der Waals surface area contributed by atoms with E-state index in [1.807, 2.05) is 26.0 Å². The van der Waals surface area contributed by atoms with Crippen molar-refractivity contribution in [1.29, 1.82) is 0 Å². The number of halogens is 1. The monoisotopic (exact) mass is 402 g/mol. The number of aromatic nitrogens is 3. The van der Waals surface area contributed by atoms with Crippen LogP contribution in [0.5, 0.6) is 0 Å². The Morgan fingerprint density at radius 3 is 2.59 bits per heavy atom. The van der Waals surface area contributed by atoms with E-state index in [1.165, 1.54) is 18.0 Å². The van der Waals surface area contributed by atoms with Gasteiger partial charge in [0.25, 0.3) is 5.56 Å². The maximum atomic E-state index is 12.9. The molecule has 1 unspecified atom stereocenters. The summed E-state index contributed by atoms with van der Waals surface area (Å²) in [5.74, 6) is 0.192. The molecule has 2 aromatic heterocycles. The van der Waals surface area contributed by atoms with Crippen molar-refractivity contribution >= 4 is 46.0 Å². The van der Waals surface area contributed by atoms with Gasteiger partial charge in [0.05, 0.1) is 21.2 Å². The first-order valence-electron chi connectivity index (χ1n) is 8.47. The van der Waals surface area contributed by atoms with E-state index in [9.17, 15) is 9.59 Å². The lowest BCUT2D eigenvalue weighted by atomic mass is 10.2. The van der Waals surface area contributed by atoms with Crippen LogP contribution in [0.4, 0.5) is 5.82 Å². The Morgan fingerprint density at radius 2 is 1.93 bits per heavy atom. The Balaban J connectivity index is 1.88. The number of rotatable bonds is 5. The maximum Gasteiger partial charge on any atom is 0.262 e. The Morgan fingerprint density at radius 1 is 1.19 bits per heavy atom. The molecule has 1 atom stereocenters. The summed E-state index contributed by atoms with van der Waals surface area (Å²) >= 11 is 7.05. The van der Waals surface area contributed by atoms with Gasteiger partial charge >= 0.3 is 0 Å². The van der Waals surface area contributed by atoms with E-state index < -0.39 is 5.25 Å². The number of benzene rings is 1. The number of nitrogens with one attached hydrogen (secondary N) is 1. The van der Waals surface area contributed by atoms with Crippen LogP contribution in [0.1, 0.15) is 26.8 Å². The number of fused-ring (bicyclic) bond motifs is 1. The van der Waals surface area contributed by atoms with Crippen molar-refractivity contribution in [2.45, 2.75) is 37.2 Å². The van der Waals surface area contributed by atoms with Crippen LogP contribution in [0.15, 0.2) is 52.5 Å². The number of anilines is 1. The predicted octanol–water partition coefficient (Wildman–Crippen LogP) is 4.15. The molecule has 140 valence electrons. The number of para-hydroxylation sites is 1. The number of nitrogens with zero attached hydrogens (tertiary/aromatic N) is 3. The van der Waals surface area contributed by atoms with Gasteiger partial charge in [-0.3, -0.25) is 14.2 Å². The first-order chi connectivity index (χ1) is 12.9. The largest absolute Gasteiger partial charge is 0.310 e. The minimum atomic E-state index is -0.472. The molecule has 0 aliphatic rings. The van der Waals surface area contributed by atoms with Crippen LogP contribution >= 0.6 is 23.4 Å². The van der Waals surface area contributed by atoms with Gasteiger partial charge in [-0.25, -0.2) is 9.97 Å². The predicted molar refractivity (Wildman–Crippen MR) is 110 cm³/mol. The molecule has 1 N–H and O–H groups in total. The highest BCUT2D eigenvalue weighted by Gasteiger charge is 2.21. The lowest BCUT2D eigenvalue weighted by Crippen LogP contribution is -2.28. The van der Waals surface area contributed by atoms with E-state index in [1.54, 1.807) is 35.8 Å². The standard InChI is InChI=1S/C19H19ClN4O2S/c1-11(2)24-18(26)14-6-4-5-7-15(14)22-19(24)27-12(3)17(25)23-16-9-8-13(20)10-21-16/h4-12H,1-3H3,(H,21,23,25). The molecule has 2 heterocycles. The number of hydrogen-bond donors (Lipinski definition) is 1. The van der Waals surface area contributed by atoms with E-state index in [-0.39, 0.29) is 17.5 Å². The van der Waals surface area contributed by atoms with E-state index in [2.05, 4.69) is 15.3 Å². The van der Waals surface area contributed by atoms with Gasteiger partial charge in [-0.05, 0) is 45.0 Å². The van der Waals surface area contributed by atoms with Crippen LogP contribution in [0, 0.1) is 0 Å². The van der Waals surface area contributed by atoms with Crippen molar-refractivity contribution in [2.24, 2.45) is 0 Å². The molecule has 0 radical (unpaired) electrons. The third kappa shape index (κ3) is 4.31.